The lowest BCUT2D eigenvalue weighted by Gasteiger charge is -2.27. The van der Waals surface area contributed by atoms with Crippen LogP contribution in [0.5, 0.6) is 0 Å². The SMILES string of the molecule is CCOC(=O)C1CC(n2cc(-c3cnc(Cl)s3)nn2)CCO1. The Balaban J connectivity index is 1.71. The standard InChI is InChI=1S/C13H15ClN4O3S/c1-2-20-12(19)10-5-8(3-4-21-10)18-7-9(16-17-18)11-6-15-13(14)22-11/h6-8,10H,2-5H2,1H3. The van der Waals surface area contributed by atoms with Crippen LogP contribution in [0.1, 0.15) is 25.8 Å². The van der Waals surface area contributed by atoms with E-state index >= 15 is 0 Å². The van der Waals surface area contributed by atoms with Gasteiger partial charge >= 0.3 is 5.97 Å². The topological polar surface area (TPSA) is 79.1 Å². The summed E-state index contributed by atoms with van der Waals surface area (Å²) in [7, 11) is 0. The van der Waals surface area contributed by atoms with E-state index in [4.69, 9.17) is 21.1 Å². The molecule has 1 saturated heterocycles. The molecule has 2 aromatic heterocycles. The second-order valence-corrected chi connectivity index (χ2v) is 6.46. The molecule has 0 radical (unpaired) electrons. The maximum absolute atomic E-state index is 11.8. The van der Waals surface area contributed by atoms with E-state index in [1.807, 2.05) is 6.20 Å². The first-order valence-corrected chi connectivity index (χ1v) is 8.18. The fraction of sp³-hybridized carbons (Fsp3) is 0.538. The summed E-state index contributed by atoms with van der Waals surface area (Å²) in [4.78, 5) is 16.7. The van der Waals surface area contributed by atoms with Crippen molar-refractivity contribution in [2.24, 2.45) is 0 Å². The summed E-state index contributed by atoms with van der Waals surface area (Å²) in [5.74, 6) is -0.318. The van der Waals surface area contributed by atoms with E-state index in [1.54, 1.807) is 17.8 Å². The molecular weight excluding hydrogens is 328 g/mol. The van der Waals surface area contributed by atoms with Gasteiger partial charge in [-0.25, -0.2) is 14.5 Å². The zero-order valence-electron chi connectivity index (χ0n) is 11.9. The van der Waals surface area contributed by atoms with E-state index in [2.05, 4.69) is 15.3 Å². The van der Waals surface area contributed by atoms with E-state index in [0.29, 0.717) is 24.1 Å². The minimum absolute atomic E-state index is 0.0628. The third-order valence-electron chi connectivity index (χ3n) is 3.42. The van der Waals surface area contributed by atoms with Gasteiger partial charge in [-0.15, -0.1) is 16.4 Å². The Morgan fingerprint density at radius 1 is 1.64 bits per heavy atom. The van der Waals surface area contributed by atoms with Crippen LogP contribution in [-0.2, 0) is 14.3 Å². The lowest BCUT2D eigenvalue weighted by Crippen LogP contribution is -2.35. The van der Waals surface area contributed by atoms with Crippen molar-refractivity contribution in [3.63, 3.8) is 0 Å². The number of hydrogen-bond donors (Lipinski definition) is 0. The molecule has 3 heterocycles. The smallest absolute Gasteiger partial charge is 0.335 e. The van der Waals surface area contributed by atoms with Crippen molar-refractivity contribution in [2.45, 2.75) is 31.9 Å². The van der Waals surface area contributed by atoms with Crippen LogP contribution in [0.3, 0.4) is 0 Å². The summed E-state index contributed by atoms with van der Waals surface area (Å²) >= 11 is 7.19. The number of carbonyl (C=O) groups excluding carboxylic acids is 1. The predicted octanol–water partition coefficient (Wildman–Crippen LogP) is 2.34. The maximum atomic E-state index is 11.8. The molecule has 0 saturated carbocycles. The molecule has 2 aromatic rings. The fourth-order valence-electron chi connectivity index (χ4n) is 2.36. The number of esters is 1. The molecule has 22 heavy (non-hydrogen) atoms. The van der Waals surface area contributed by atoms with Crippen molar-refractivity contribution >= 4 is 28.9 Å². The number of ether oxygens (including phenoxy) is 2. The summed E-state index contributed by atoms with van der Waals surface area (Å²) in [5, 5.41) is 8.31. The fourth-order valence-corrected chi connectivity index (χ4v) is 3.25. The molecule has 1 fully saturated rings. The zero-order valence-corrected chi connectivity index (χ0v) is 13.5. The Kier molecular flexibility index (Phi) is 4.70. The van der Waals surface area contributed by atoms with Gasteiger partial charge in [0.1, 0.15) is 5.69 Å². The Morgan fingerprint density at radius 3 is 3.23 bits per heavy atom. The van der Waals surface area contributed by atoms with Gasteiger partial charge in [0.15, 0.2) is 10.6 Å². The van der Waals surface area contributed by atoms with E-state index in [-0.39, 0.29) is 12.0 Å². The molecule has 0 amide bonds. The predicted molar refractivity (Wildman–Crippen MR) is 80.8 cm³/mol. The number of thiazole rings is 1. The molecule has 0 aromatic carbocycles. The Morgan fingerprint density at radius 2 is 2.50 bits per heavy atom. The van der Waals surface area contributed by atoms with Crippen LogP contribution in [0.25, 0.3) is 10.6 Å². The summed E-state index contributed by atoms with van der Waals surface area (Å²) in [6, 6.07) is 0.0628. The molecule has 0 aliphatic carbocycles. The first kappa shape index (κ1) is 15.4. The lowest BCUT2D eigenvalue weighted by molar-refractivity contribution is -0.161. The molecule has 9 heteroatoms. The maximum Gasteiger partial charge on any atom is 0.335 e. The van der Waals surface area contributed by atoms with Crippen LogP contribution in [0.2, 0.25) is 4.47 Å². The second-order valence-electron chi connectivity index (χ2n) is 4.85. The number of hydrogen-bond acceptors (Lipinski definition) is 7. The molecular formula is C13H15ClN4O3S. The Labute approximate surface area is 136 Å². The van der Waals surface area contributed by atoms with Gasteiger partial charge in [0.25, 0.3) is 0 Å². The summed E-state index contributed by atoms with van der Waals surface area (Å²) in [6.45, 7) is 2.63. The highest BCUT2D eigenvalue weighted by Crippen LogP contribution is 2.29. The first-order valence-electron chi connectivity index (χ1n) is 6.99. The number of aromatic nitrogens is 4. The van der Waals surface area contributed by atoms with Crippen molar-refractivity contribution in [1.82, 2.24) is 20.0 Å². The van der Waals surface area contributed by atoms with Crippen molar-refractivity contribution in [3.05, 3.63) is 16.9 Å². The molecule has 3 rings (SSSR count). The summed E-state index contributed by atoms with van der Waals surface area (Å²) < 4.78 is 12.7. The zero-order chi connectivity index (χ0) is 15.5. The summed E-state index contributed by atoms with van der Waals surface area (Å²) in [5.41, 5.74) is 0.726. The van der Waals surface area contributed by atoms with Crippen molar-refractivity contribution < 1.29 is 14.3 Å². The van der Waals surface area contributed by atoms with Gasteiger partial charge in [-0.2, -0.15) is 0 Å². The van der Waals surface area contributed by atoms with Crippen molar-refractivity contribution in [3.8, 4) is 10.6 Å². The molecule has 1 aliphatic rings. The van der Waals surface area contributed by atoms with Crippen LogP contribution < -0.4 is 0 Å². The third-order valence-corrected chi connectivity index (χ3v) is 4.56. The number of carbonyl (C=O) groups is 1. The quantitative estimate of drug-likeness (QED) is 0.793. The number of halogens is 1. The van der Waals surface area contributed by atoms with Gasteiger partial charge in [-0.3, -0.25) is 0 Å². The van der Waals surface area contributed by atoms with Crippen molar-refractivity contribution in [1.29, 1.82) is 0 Å². The molecule has 0 spiro atoms. The van der Waals surface area contributed by atoms with Crippen LogP contribution in [0, 0.1) is 0 Å². The van der Waals surface area contributed by atoms with E-state index < -0.39 is 6.10 Å². The molecule has 1 aliphatic heterocycles. The molecule has 7 nitrogen and oxygen atoms in total. The van der Waals surface area contributed by atoms with E-state index in [1.165, 1.54) is 11.3 Å². The monoisotopic (exact) mass is 342 g/mol. The van der Waals surface area contributed by atoms with Gasteiger partial charge in [-0.1, -0.05) is 16.8 Å². The van der Waals surface area contributed by atoms with Crippen LogP contribution >= 0.6 is 22.9 Å². The first-order chi connectivity index (χ1) is 10.7. The van der Waals surface area contributed by atoms with Gasteiger partial charge in [0.05, 0.1) is 23.7 Å². The van der Waals surface area contributed by atoms with Gasteiger partial charge in [0.2, 0.25) is 0 Å². The van der Waals surface area contributed by atoms with Crippen LogP contribution in [-0.4, -0.2) is 45.3 Å². The van der Waals surface area contributed by atoms with Crippen LogP contribution in [0.15, 0.2) is 12.4 Å². The van der Waals surface area contributed by atoms with Crippen LogP contribution in [0.4, 0.5) is 0 Å². The van der Waals surface area contributed by atoms with Gasteiger partial charge < -0.3 is 9.47 Å². The average Bonchev–Trinajstić information content (AvgIpc) is 3.16. The van der Waals surface area contributed by atoms with E-state index in [9.17, 15) is 4.79 Å². The van der Waals surface area contributed by atoms with Crippen molar-refractivity contribution in [2.75, 3.05) is 13.2 Å². The normalized spacial score (nSPS) is 21.7. The lowest BCUT2D eigenvalue weighted by atomic mass is 10.0. The second kappa shape index (κ2) is 6.72. The van der Waals surface area contributed by atoms with Gasteiger partial charge in [-0.05, 0) is 13.3 Å². The van der Waals surface area contributed by atoms with E-state index in [0.717, 1.165) is 17.0 Å². The molecule has 2 atom stereocenters. The highest BCUT2D eigenvalue weighted by Gasteiger charge is 2.30. The highest BCUT2D eigenvalue weighted by molar-refractivity contribution is 7.18. The Bertz CT molecular complexity index is 659. The molecule has 118 valence electrons. The summed E-state index contributed by atoms with van der Waals surface area (Å²) in [6.07, 6.45) is 4.30. The highest BCUT2D eigenvalue weighted by atomic mass is 35.5. The molecule has 0 N–H and O–H groups in total. The molecule has 2 unspecified atom stereocenters. The largest absolute Gasteiger partial charge is 0.464 e. The minimum atomic E-state index is -0.538. The Hall–Kier alpha value is -1.51. The minimum Gasteiger partial charge on any atom is -0.464 e. The average molecular weight is 343 g/mol. The van der Waals surface area contributed by atoms with Gasteiger partial charge in [0, 0.05) is 19.2 Å². The third kappa shape index (κ3) is 3.29. The molecule has 0 bridgehead atoms. The number of rotatable bonds is 4. The number of nitrogens with zero attached hydrogens (tertiary/aromatic N) is 4.